The van der Waals surface area contributed by atoms with Crippen molar-refractivity contribution in [2.45, 2.75) is 26.0 Å². The minimum atomic E-state index is -0.529. The number of ether oxygens (including phenoxy) is 1. The molecule has 100 valence electrons. The average Bonchev–Trinajstić information content (AvgIpc) is 2.38. The summed E-state index contributed by atoms with van der Waals surface area (Å²) in [5.74, 6) is 0.336. The van der Waals surface area contributed by atoms with Crippen molar-refractivity contribution in [1.29, 1.82) is 0 Å². The van der Waals surface area contributed by atoms with Gasteiger partial charge in [-0.05, 0) is 37.6 Å². The fraction of sp³-hybridized carbons (Fsp3) is 0.267. The first kappa shape index (κ1) is 13.5. The van der Waals surface area contributed by atoms with Crippen molar-refractivity contribution in [2.75, 3.05) is 0 Å². The molecule has 0 radical (unpaired) electrons. The van der Waals surface area contributed by atoms with Crippen LogP contribution in [-0.2, 0) is 0 Å². The van der Waals surface area contributed by atoms with Gasteiger partial charge in [-0.1, -0.05) is 12.1 Å². The zero-order valence-electron chi connectivity index (χ0n) is 11.0. The highest BCUT2D eigenvalue weighted by Gasteiger charge is 2.14. The van der Waals surface area contributed by atoms with Gasteiger partial charge in [0.15, 0.2) is 0 Å². The Bertz CT molecular complexity index is 557. The molecule has 0 bridgehead atoms. The van der Waals surface area contributed by atoms with E-state index >= 15 is 0 Å². The summed E-state index contributed by atoms with van der Waals surface area (Å²) in [5, 5.41) is 0. The van der Waals surface area contributed by atoms with E-state index in [1.165, 1.54) is 12.4 Å². The summed E-state index contributed by atoms with van der Waals surface area (Å²) < 4.78 is 19.3. The Kier molecular flexibility index (Phi) is 4.12. The second kappa shape index (κ2) is 5.80. The number of benzene rings is 1. The SMILES string of the molecule is CC(C)Oc1cccc(C(N)c2ccncc2F)c1. The normalized spacial score (nSPS) is 12.5. The first-order valence-corrected chi connectivity index (χ1v) is 6.19. The van der Waals surface area contributed by atoms with Gasteiger partial charge in [0.05, 0.1) is 18.3 Å². The van der Waals surface area contributed by atoms with Crippen LogP contribution in [0.2, 0.25) is 0 Å². The first-order chi connectivity index (χ1) is 9.08. The largest absolute Gasteiger partial charge is 0.491 e. The Balaban J connectivity index is 2.29. The van der Waals surface area contributed by atoms with Crippen LogP contribution in [0.4, 0.5) is 4.39 Å². The third-order valence-corrected chi connectivity index (χ3v) is 2.73. The number of nitrogens with zero attached hydrogens (tertiary/aromatic N) is 1. The van der Waals surface area contributed by atoms with Gasteiger partial charge in [0.25, 0.3) is 0 Å². The number of hydrogen-bond acceptors (Lipinski definition) is 3. The lowest BCUT2D eigenvalue weighted by molar-refractivity contribution is 0.242. The minimum Gasteiger partial charge on any atom is -0.491 e. The van der Waals surface area contributed by atoms with Crippen LogP contribution >= 0.6 is 0 Å². The maximum Gasteiger partial charge on any atom is 0.146 e. The lowest BCUT2D eigenvalue weighted by Crippen LogP contribution is -2.14. The van der Waals surface area contributed by atoms with Crippen LogP contribution in [0.3, 0.4) is 0 Å². The summed E-state index contributed by atoms with van der Waals surface area (Å²) in [6.45, 7) is 3.91. The summed E-state index contributed by atoms with van der Waals surface area (Å²) in [4.78, 5) is 3.72. The first-order valence-electron chi connectivity index (χ1n) is 6.19. The maximum atomic E-state index is 13.7. The fourth-order valence-corrected chi connectivity index (χ4v) is 1.87. The molecule has 0 aliphatic carbocycles. The molecular formula is C15H17FN2O. The monoisotopic (exact) mass is 260 g/mol. The third kappa shape index (κ3) is 3.29. The molecule has 0 spiro atoms. The fourth-order valence-electron chi connectivity index (χ4n) is 1.87. The Morgan fingerprint density at radius 3 is 2.74 bits per heavy atom. The quantitative estimate of drug-likeness (QED) is 0.919. The van der Waals surface area contributed by atoms with Gasteiger partial charge in [-0.25, -0.2) is 4.39 Å². The lowest BCUT2D eigenvalue weighted by Gasteiger charge is -2.15. The number of hydrogen-bond donors (Lipinski definition) is 1. The third-order valence-electron chi connectivity index (χ3n) is 2.73. The summed E-state index contributed by atoms with van der Waals surface area (Å²) in [6.07, 6.45) is 2.79. The van der Waals surface area contributed by atoms with Gasteiger partial charge < -0.3 is 10.5 Å². The molecule has 1 atom stereocenters. The van der Waals surface area contributed by atoms with E-state index in [2.05, 4.69) is 4.98 Å². The van der Waals surface area contributed by atoms with E-state index in [0.717, 1.165) is 11.3 Å². The maximum absolute atomic E-state index is 13.7. The van der Waals surface area contributed by atoms with Crippen LogP contribution in [0.1, 0.15) is 31.0 Å². The molecule has 0 amide bonds. The highest BCUT2D eigenvalue weighted by atomic mass is 19.1. The van der Waals surface area contributed by atoms with E-state index in [0.29, 0.717) is 5.56 Å². The molecule has 0 saturated carbocycles. The molecule has 0 aliphatic rings. The molecule has 0 saturated heterocycles. The van der Waals surface area contributed by atoms with E-state index < -0.39 is 11.9 Å². The molecule has 1 aromatic carbocycles. The molecule has 0 aliphatic heterocycles. The van der Waals surface area contributed by atoms with Crippen molar-refractivity contribution in [3.05, 3.63) is 59.7 Å². The van der Waals surface area contributed by atoms with E-state index in [1.54, 1.807) is 6.07 Å². The summed E-state index contributed by atoms with van der Waals surface area (Å²) in [7, 11) is 0. The van der Waals surface area contributed by atoms with Crippen molar-refractivity contribution in [2.24, 2.45) is 5.73 Å². The molecular weight excluding hydrogens is 243 g/mol. The number of aromatic nitrogens is 1. The minimum absolute atomic E-state index is 0.0872. The van der Waals surface area contributed by atoms with Crippen molar-refractivity contribution < 1.29 is 9.13 Å². The van der Waals surface area contributed by atoms with E-state index in [9.17, 15) is 4.39 Å². The second-order valence-electron chi connectivity index (χ2n) is 4.61. The average molecular weight is 260 g/mol. The van der Waals surface area contributed by atoms with Gasteiger partial charge in [-0.2, -0.15) is 0 Å². The molecule has 4 heteroatoms. The van der Waals surface area contributed by atoms with Gasteiger partial charge in [0.1, 0.15) is 11.6 Å². The van der Waals surface area contributed by atoms with Crippen molar-refractivity contribution in [3.8, 4) is 5.75 Å². The van der Waals surface area contributed by atoms with E-state index in [4.69, 9.17) is 10.5 Å². The lowest BCUT2D eigenvalue weighted by atomic mass is 10.00. The number of nitrogens with two attached hydrogens (primary N) is 1. The van der Waals surface area contributed by atoms with Crippen LogP contribution in [0.15, 0.2) is 42.7 Å². The van der Waals surface area contributed by atoms with Gasteiger partial charge in [0.2, 0.25) is 0 Å². The Morgan fingerprint density at radius 2 is 2.05 bits per heavy atom. The molecule has 2 aromatic rings. The molecule has 19 heavy (non-hydrogen) atoms. The Morgan fingerprint density at radius 1 is 1.26 bits per heavy atom. The smallest absolute Gasteiger partial charge is 0.146 e. The molecule has 0 fully saturated rings. The van der Waals surface area contributed by atoms with E-state index in [1.807, 2.05) is 38.1 Å². The molecule has 1 heterocycles. The Labute approximate surface area is 112 Å². The highest BCUT2D eigenvalue weighted by molar-refractivity contribution is 5.36. The van der Waals surface area contributed by atoms with Crippen LogP contribution in [0.25, 0.3) is 0 Å². The van der Waals surface area contributed by atoms with Crippen LogP contribution in [0.5, 0.6) is 5.75 Å². The number of halogens is 1. The highest BCUT2D eigenvalue weighted by Crippen LogP contribution is 2.25. The zero-order chi connectivity index (χ0) is 13.8. The zero-order valence-corrected chi connectivity index (χ0v) is 11.0. The van der Waals surface area contributed by atoms with Crippen molar-refractivity contribution in [3.63, 3.8) is 0 Å². The predicted octanol–water partition coefficient (Wildman–Crippen LogP) is 3.06. The molecule has 2 rings (SSSR count). The van der Waals surface area contributed by atoms with Crippen LogP contribution < -0.4 is 10.5 Å². The summed E-state index contributed by atoms with van der Waals surface area (Å²) in [5.41, 5.74) is 7.33. The molecule has 3 nitrogen and oxygen atoms in total. The number of pyridine rings is 1. The van der Waals surface area contributed by atoms with Crippen LogP contribution in [0, 0.1) is 5.82 Å². The second-order valence-corrected chi connectivity index (χ2v) is 4.61. The van der Waals surface area contributed by atoms with Crippen molar-refractivity contribution in [1.82, 2.24) is 4.98 Å². The van der Waals surface area contributed by atoms with Crippen molar-refractivity contribution >= 4 is 0 Å². The van der Waals surface area contributed by atoms with Gasteiger partial charge in [0, 0.05) is 11.8 Å². The van der Waals surface area contributed by atoms with Gasteiger partial charge in [-0.15, -0.1) is 0 Å². The molecule has 1 unspecified atom stereocenters. The summed E-state index contributed by atoms with van der Waals surface area (Å²) in [6, 6.07) is 8.47. The predicted molar refractivity (Wildman–Crippen MR) is 72.4 cm³/mol. The number of rotatable bonds is 4. The summed E-state index contributed by atoms with van der Waals surface area (Å²) >= 11 is 0. The standard InChI is InChI=1S/C15H17FN2O/c1-10(2)19-12-5-3-4-11(8-12)15(17)13-6-7-18-9-14(13)16/h3-10,15H,17H2,1-2H3. The Hall–Kier alpha value is -1.94. The van der Waals surface area contributed by atoms with Crippen LogP contribution in [-0.4, -0.2) is 11.1 Å². The van der Waals surface area contributed by atoms with Gasteiger partial charge >= 0.3 is 0 Å². The van der Waals surface area contributed by atoms with Gasteiger partial charge in [-0.3, -0.25) is 4.98 Å². The van der Waals surface area contributed by atoms with E-state index in [-0.39, 0.29) is 6.10 Å². The topological polar surface area (TPSA) is 48.1 Å². The molecule has 2 N–H and O–H groups in total. The molecule has 1 aromatic heterocycles.